The third kappa shape index (κ3) is 4.23. The van der Waals surface area contributed by atoms with Gasteiger partial charge >= 0.3 is 6.18 Å². The second-order valence-electron chi connectivity index (χ2n) is 6.66. The van der Waals surface area contributed by atoms with Crippen molar-refractivity contribution >= 4 is 34.0 Å². The molecule has 0 unspecified atom stereocenters. The number of amides is 1. The number of fused-ring (bicyclic) bond motifs is 1. The predicted molar refractivity (Wildman–Crippen MR) is 108 cm³/mol. The number of hydrogen-bond acceptors (Lipinski definition) is 2. The number of nitrogens with zero attached hydrogens (tertiary/aromatic N) is 2. The zero-order valence-corrected chi connectivity index (χ0v) is 17.2. The summed E-state index contributed by atoms with van der Waals surface area (Å²) in [6.07, 6.45) is -1.24. The number of carbonyl (C=O) groups excluding carboxylic acids is 1. The lowest BCUT2D eigenvalue weighted by atomic mass is 10.1. The van der Waals surface area contributed by atoms with E-state index in [0.29, 0.717) is 5.52 Å². The van der Waals surface area contributed by atoms with Gasteiger partial charge in [-0.15, -0.1) is 0 Å². The number of carbonyl (C=O) groups is 1. The largest absolute Gasteiger partial charge is 0.416 e. The summed E-state index contributed by atoms with van der Waals surface area (Å²) in [5.74, 6) is -0.393. The summed E-state index contributed by atoms with van der Waals surface area (Å²) in [6.45, 7) is 3.28. The Kier molecular flexibility index (Phi) is 5.55. The predicted octanol–water partition coefficient (Wildman–Crippen LogP) is 3.92. The van der Waals surface area contributed by atoms with E-state index in [2.05, 4.69) is 5.32 Å². The molecular weight excluding hydrogens is 486 g/mol. The Morgan fingerprint density at radius 3 is 2.57 bits per heavy atom. The van der Waals surface area contributed by atoms with E-state index in [9.17, 15) is 22.8 Å². The number of rotatable bonds is 4. The topological polar surface area (TPSA) is 55.5 Å². The molecule has 0 aliphatic rings. The standard InChI is InChI=1S/C19H17F3IN3O2/c1-11(2)24-17(27)10-26-16(9-25-8-14(23)7-15(25)18(26)28)12-4-3-5-13(6-12)19(20,21)22/h3-9,11H,10H2,1-2H3,(H,24,27). The number of aromatic nitrogens is 2. The van der Waals surface area contributed by atoms with Crippen LogP contribution in [-0.4, -0.2) is 20.9 Å². The smallest absolute Gasteiger partial charge is 0.352 e. The minimum absolute atomic E-state index is 0.127. The second-order valence-corrected chi connectivity index (χ2v) is 7.90. The molecule has 0 atom stereocenters. The lowest BCUT2D eigenvalue weighted by Gasteiger charge is -2.16. The van der Waals surface area contributed by atoms with Crippen LogP contribution in [0.1, 0.15) is 19.4 Å². The molecule has 0 radical (unpaired) electrons. The van der Waals surface area contributed by atoms with Gasteiger partial charge in [-0.1, -0.05) is 12.1 Å². The molecule has 3 rings (SSSR count). The third-order valence-electron chi connectivity index (χ3n) is 4.07. The summed E-state index contributed by atoms with van der Waals surface area (Å²) in [6, 6.07) is 6.25. The molecule has 28 heavy (non-hydrogen) atoms. The maximum absolute atomic E-state index is 13.1. The first-order valence-electron chi connectivity index (χ1n) is 8.44. The Morgan fingerprint density at radius 2 is 1.93 bits per heavy atom. The van der Waals surface area contributed by atoms with Gasteiger partial charge < -0.3 is 9.72 Å². The first kappa shape index (κ1) is 20.4. The van der Waals surface area contributed by atoms with Crippen LogP contribution in [0.5, 0.6) is 0 Å². The molecule has 0 saturated carbocycles. The molecule has 0 saturated heterocycles. The summed E-state index contributed by atoms with van der Waals surface area (Å²) < 4.78 is 43.0. The molecule has 0 spiro atoms. The van der Waals surface area contributed by atoms with Gasteiger partial charge in [0.25, 0.3) is 5.56 Å². The summed E-state index contributed by atoms with van der Waals surface area (Å²) in [5, 5.41) is 2.70. The average Bonchev–Trinajstić information content (AvgIpc) is 2.96. The van der Waals surface area contributed by atoms with E-state index in [-0.39, 0.29) is 23.8 Å². The van der Waals surface area contributed by atoms with Gasteiger partial charge in [0.15, 0.2) is 0 Å². The molecule has 0 bridgehead atoms. The summed E-state index contributed by atoms with van der Waals surface area (Å²) in [7, 11) is 0. The van der Waals surface area contributed by atoms with Crippen LogP contribution >= 0.6 is 22.6 Å². The Morgan fingerprint density at radius 1 is 1.21 bits per heavy atom. The molecule has 2 aromatic heterocycles. The molecular formula is C19H17F3IN3O2. The second kappa shape index (κ2) is 7.61. The van der Waals surface area contributed by atoms with E-state index in [1.165, 1.54) is 16.7 Å². The van der Waals surface area contributed by atoms with Crippen molar-refractivity contribution in [1.82, 2.24) is 14.3 Å². The van der Waals surface area contributed by atoms with Gasteiger partial charge in [0.05, 0.1) is 11.3 Å². The molecule has 3 aromatic rings. The highest BCUT2D eigenvalue weighted by molar-refractivity contribution is 14.1. The fraction of sp³-hybridized carbons (Fsp3) is 0.263. The number of halogens is 4. The maximum Gasteiger partial charge on any atom is 0.416 e. The molecule has 2 heterocycles. The van der Waals surface area contributed by atoms with Crippen molar-refractivity contribution in [3.63, 3.8) is 0 Å². The van der Waals surface area contributed by atoms with Gasteiger partial charge in [-0.2, -0.15) is 13.2 Å². The van der Waals surface area contributed by atoms with Crippen LogP contribution in [0.25, 0.3) is 16.8 Å². The molecule has 9 heteroatoms. The van der Waals surface area contributed by atoms with Crippen molar-refractivity contribution in [1.29, 1.82) is 0 Å². The van der Waals surface area contributed by atoms with Crippen LogP contribution in [0.15, 0.2) is 47.5 Å². The van der Waals surface area contributed by atoms with Crippen molar-refractivity contribution in [2.75, 3.05) is 0 Å². The van der Waals surface area contributed by atoms with Crippen LogP contribution in [0.3, 0.4) is 0 Å². The Labute approximate surface area is 172 Å². The van der Waals surface area contributed by atoms with Crippen molar-refractivity contribution < 1.29 is 18.0 Å². The van der Waals surface area contributed by atoms with Crippen molar-refractivity contribution in [2.45, 2.75) is 32.6 Å². The summed E-state index contributed by atoms with van der Waals surface area (Å²) in [5.41, 5.74) is -0.489. The van der Waals surface area contributed by atoms with Crippen molar-refractivity contribution in [3.8, 4) is 11.3 Å². The first-order valence-corrected chi connectivity index (χ1v) is 9.52. The summed E-state index contributed by atoms with van der Waals surface area (Å²) in [4.78, 5) is 25.2. The van der Waals surface area contributed by atoms with Crippen molar-refractivity contribution in [2.24, 2.45) is 0 Å². The molecule has 5 nitrogen and oxygen atoms in total. The lowest BCUT2D eigenvalue weighted by Crippen LogP contribution is -2.36. The normalized spacial score (nSPS) is 12.0. The van der Waals surface area contributed by atoms with Gasteiger partial charge in [-0.3, -0.25) is 14.2 Å². The molecule has 0 aliphatic carbocycles. The SMILES string of the molecule is CC(C)NC(=O)Cn1c(-c2cccc(C(F)(F)F)c2)cn2cc(I)cc2c1=O. The molecule has 148 valence electrons. The van der Waals surface area contributed by atoms with Crippen LogP contribution < -0.4 is 10.9 Å². The Balaban J connectivity index is 2.21. The molecule has 0 aliphatic heterocycles. The van der Waals surface area contributed by atoms with E-state index in [1.807, 2.05) is 22.6 Å². The van der Waals surface area contributed by atoms with Crippen LogP contribution in [-0.2, 0) is 17.5 Å². The highest BCUT2D eigenvalue weighted by Crippen LogP contribution is 2.32. The first-order chi connectivity index (χ1) is 13.1. The lowest BCUT2D eigenvalue weighted by molar-refractivity contribution is -0.137. The van der Waals surface area contributed by atoms with Gasteiger partial charge in [-0.05, 0) is 54.6 Å². The van der Waals surface area contributed by atoms with E-state index < -0.39 is 23.2 Å². The average molecular weight is 503 g/mol. The number of hydrogen-bond donors (Lipinski definition) is 1. The van der Waals surface area contributed by atoms with E-state index >= 15 is 0 Å². The third-order valence-corrected chi connectivity index (χ3v) is 4.66. The van der Waals surface area contributed by atoms with E-state index in [1.54, 1.807) is 36.7 Å². The number of alkyl halides is 3. The minimum atomic E-state index is -4.51. The maximum atomic E-state index is 13.1. The zero-order chi connectivity index (χ0) is 20.6. The zero-order valence-electron chi connectivity index (χ0n) is 15.0. The number of benzene rings is 1. The van der Waals surface area contributed by atoms with Gasteiger partial charge in [0.2, 0.25) is 5.91 Å². The number of nitrogens with one attached hydrogen (secondary N) is 1. The minimum Gasteiger partial charge on any atom is -0.352 e. The van der Waals surface area contributed by atoms with E-state index in [0.717, 1.165) is 15.7 Å². The van der Waals surface area contributed by atoms with Crippen LogP contribution in [0.2, 0.25) is 0 Å². The molecule has 1 aromatic carbocycles. The monoisotopic (exact) mass is 503 g/mol. The summed E-state index contributed by atoms with van der Waals surface area (Å²) >= 11 is 2.05. The van der Waals surface area contributed by atoms with Crippen LogP contribution in [0.4, 0.5) is 13.2 Å². The molecule has 1 N–H and O–H groups in total. The van der Waals surface area contributed by atoms with Gasteiger partial charge in [-0.25, -0.2) is 0 Å². The molecule has 0 fully saturated rings. The molecule has 1 amide bonds. The fourth-order valence-electron chi connectivity index (χ4n) is 2.93. The Bertz CT molecular complexity index is 1100. The Hall–Kier alpha value is -2.30. The van der Waals surface area contributed by atoms with Gasteiger partial charge in [0.1, 0.15) is 12.1 Å². The van der Waals surface area contributed by atoms with E-state index in [4.69, 9.17) is 0 Å². The highest BCUT2D eigenvalue weighted by Gasteiger charge is 2.30. The van der Waals surface area contributed by atoms with Crippen molar-refractivity contribution in [3.05, 3.63) is 62.2 Å². The van der Waals surface area contributed by atoms with Gasteiger partial charge in [0, 0.05) is 27.6 Å². The fourth-order valence-corrected chi connectivity index (χ4v) is 3.52. The van der Waals surface area contributed by atoms with Crippen LogP contribution in [0, 0.1) is 3.57 Å². The quantitative estimate of drug-likeness (QED) is 0.550. The highest BCUT2D eigenvalue weighted by atomic mass is 127.